The molecule has 2 amide bonds. The van der Waals surface area contributed by atoms with Gasteiger partial charge in [0, 0.05) is 0 Å². The molecule has 7 nitrogen and oxygen atoms in total. The summed E-state index contributed by atoms with van der Waals surface area (Å²) in [5.74, 6) is -0.0549. The molecular weight excluding hydrogens is 300 g/mol. The fraction of sp³-hybridized carbons (Fsp3) is 0.438. The summed E-state index contributed by atoms with van der Waals surface area (Å²) in [6, 6.07) is 6.04. The van der Waals surface area contributed by atoms with Gasteiger partial charge in [0.2, 0.25) is 0 Å². The number of nitrogens with one attached hydrogen (secondary N) is 2. The quantitative estimate of drug-likeness (QED) is 0.435. The van der Waals surface area contributed by atoms with Crippen LogP contribution in [0.15, 0.2) is 24.3 Å². The van der Waals surface area contributed by atoms with E-state index < -0.39 is 11.4 Å². The van der Waals surface area contributed by atoms with Gasteiger partial charge in [-0.2, -0.15) is 0 Å². The molecule has 2 N–H and O–H groups in total. The summed E-state index contributed by atoms with van der Waals surface area (Å²) in [5.41, 5.74) is -0.172. The number of benzene rings is 1. The standard InChI is InChI=1S/C16H22N2O5/c1-4-16(2,3)14(20)22-10-9-17-15(21)18-12-7-5-6-8-13(12)23-11-19/h5-8,11H,4,9-10H2,1-3H3,(H2,17,18,21). The van der Waals surface area contributed by atoms with Crippen molar-refractivity contribution in [3.63, 3.8) is 0 Å². The van der Waals surface area contributed by atoms with E-state index in [-0.39, 0.29) is 31.3 Å². The highest BCUT2D eigenvalue weighted by Gasteiger charge is 2.26. The molecule has 23 heavy (non-hydrogen) atoms. The van der Waals surface area contributed by atoms with Gasteiger partial charge in [-0.25, -0.2) is 4.79 Å². The molecule has 1 rings (SSSR count). The van der Waals surface area contributed by atoms with Gasteiger partial charge in [-0.05, 0) is 32.4 Å². The highest BCUT2D eigenvalue weighted by atomic mass is 16.5. The van der Waals surface area contributed by atoms with Gasteiger partial charge < -0.3 is 20.1 Å². The molecule has 0 atom stereocenters. The number of carbonyl (C=O) groups excluding carboxylic acids is 3. The van der Waals surface area contributed by atoms with Gasteiger partial charge in [0.1, 0.15) is 6.61 Å². The minimum Gasteiger partial charge on any atom is -0.463 e. The second kappa shape index (κ2) is 8.77. The summed E-state index contributed by atoms with van der Waals surface area (Å²) in [6.45, 7) is 6.06. The van der Waals surface area contributed by atoms with E-state index in [2.05, 4.69) is 10.6 Å². The normalized spacial score (nSPS) is 10.6. The van der Waals surface area contributed by atoms with Crippen LogP contribution in [-0.4, -0.2) is 31.6 Å². The Hall–Kier alpha value is -2.57. The molecule has 0 saturated heterocycles. The number of anilines is 1. The van der Waals surface area contributed by atoms with Crippen LogP contribution in [0, 0.1) is 5.41 Å². The van der Waals surface area contributed by atoms with Crippen molar-refractivity contribution in [2.24, 2.45) is 5.41 Å². The highest BCUT2D eigenvalue weighted by Crippen LogP contribution is 2.23. The number of hydrogen-bond acceptors (Lipinski definition) is 5. The number of hydrogen-bond donors (Lipinski definition) is 2. The highest BCUT2D eigenvalue weighted by molar-refractivity contribution is 5.91. The first kappa shape index (κ1) is 18.5. The van der Waals surface area contributed by atoms with Crippen molar-refractivity contribution in [3.8, 4) is 5.75 Å². The summed E-state index contributed by atoms with van der Waals surface area (Å²) < 4.78 is 9.86. The molecule has 7 heteroatoms. The minimum absolute atomic E-state index is 0.0855. The van der Waals surface area contributed by atoms with Crippen LogP contribution < -0.4 is 15.4 Å². The molecule has 0 saturated carbocycles. The van der Waals surface area contributed by atoms with E-state index in [0.717, 1.165) is 0 Å². The molecule has 0 fully saturated rings. The monoisotopic (exact) mass is 322 g/mol. The van der Waals surface area contributed by atoms with Gasteiger partial charge in [-0.1, -0.05) is 19.1 Å². The first-order chi connectivity index (χ1) is 10.9. The van der Waals surface area contributed by atoms with Crippen molar-refractivity contribution in [3.05, 3.63) is 24.3 Å². The number of carbonyl (C=O) groups is 3. The molecular formula is C16H22N2O5. The number of amides is 2. The SMILES string of the molecule is CCC(C)(C)C(=O)OCCNC(=O)Nc1ccccc1OC=O. The summed E-state index contributed by atoms with van der Waals surface area (Å²) in [7, 11) is 0. The Bertz CT molecular complexity index is 557. The van der Waals surface area contributed by atoms with E-state index in [1.807, 2.05) is 6.92 Å². The molecule has 0 heterocycles. The zero-order valence-corrected chi connectivity index (χ0v) is 13.5. The van der Waals surface area contributed by atoms with Crippen LogP contribution in [0.4, 0.5) is 10.5 Å². The van der Waals surface area contributed by atoms with Crippen LogP contribution in [0.2, 0.25) is 0 Å². The van der Waals surface area contributed by atoms with Crippen molar-refractivity contribution in [2.75, 3.05) is 18.5 Å². The van der Waals surface area contributed by atoms with Gasteiger partial charge in [0.15, 0.2) is 5.75 Å². The molecule has 0 radical (unpaired) electrons. The average molecular weight is 322 g/mol. The van der Waals surface area contributed by atoms with E-state index in [0.29, 0.717) is 12.1 Å². The second-order valence-electron chi connectivity index (χ2n) is 5.46. The Morgan fingerprint density at radius 1 is 1.26 bits per heavy atom. The second-order valence-corrected chi connectivity index (χ2v) is 5.46. The van der Waals surface area contributed by atoms with E-state index >= 15 is 0 Å². The Labute approximate surface area is 135 Å². The van der Waals surface area contributed by atoms with E-state index in [1.54, 1.807) is 38.1 Å². The van der Waals surface area contributed by atoms with Crippen LogP contribution >= 0.6 is 0 Å². The number of urea groups is 1. The third kappa shape index (κ3) is 5.98. The summed E-state index contributed by atoms with van der Waals surface area (Å²) in [6.07, 6.45) is 0.674. The zero-order chi connectivity index (χ0) is 17.3. The first-order valence-corrected chi connectivity index (χ1v) is 7.32. The lowest BCUT2D eigenvalue weighted by atomic mass is 9.91. The molecule has 1 aromatic rings. The van der Waals surface area contributed by atoms with Crippen molar-refractivity contribution in [1.29, 1.82) is 0 Å². The Balaban J connectivity index is 2.38. The number of ether oxygens (including phenoxy) is 2. The number of esters is 1. The molecule has 0 unspecified atom stereocenters. The van der Waals surface area contributed by atoms with Gasteiger partial charge >= 0.3 is 12.0 Å². The average Bonchev–Trinajstić information content (AvgIpc) is 2.53. The number of para-hydroxylation sites is 2. The zero-order valence-electron chi connectivity index (χ0n) is 13.5. The van der Waals surface area contributed by atoms with Crippen molar-refractivity contribution in [2.45, 2.75) is 27.2 Å². The smallest absolute Gasteiger partial charge is 0.319 e. The van der Waals surface area contributed by atoms with E-state index in [9.17, 15) is 14.4 Å². The maximum atomic E-state index is 11.8. The first-order valence-electron chi connectivity index (χ1n) is 7.32. The van der Waals surface area contributed by atoms with E-state index in [1.165, 1.54) is 0 Å². The lowest BCUT2D eigenvalue weighted by molar-refractivity contribution is -0.153. The molecule has 126 valence electrons. The molecule has 0 aliphatic heterocycles. The van der Waals surface area contributed by atoms with Gasteiger partial charge in [0.05, 0.1) is 17.6 Å². The Kier molecular flexibility index (Phi) is 7.05. The maximum absolute atomic E-state index is 11.8. The molecule has 0 bridgehead atoms. The predicted molar refractivity (Wildman–Crippen MR) is 85.2 cm³/mol. The maximum Gasteiger partial charge on any atom is 0.319 e. The fourth-order valence-electron chi connectivity index (χ4n) is 1.54. The van der Waals surface area contributed by atoms with Crippen LogP contribution in [-0.2, 0) is 14.3 Å². The predicted octanol–water partition coefficient (Wildman–Crippen LogP) is 2.32. The molecule has 0 aliphatic rings. The molecule has 1 aromatic carbocycles. The van der Waals surface area contributed by atoms with Crippen molar-refractivity contribution in [1.82, 2.24) is 5.32 Å². The third-order valence-electron chi connectivity index (χ3n) is 3.37. The van der Waals surface area contributed by atoms with Gasteiger partial charge in [-0.3, -0.25) is 9.59 Å². The van der Waals surface area contributed by atoms with Crippen molar-refractivity contribution >= 4 is 24.2 Å². The lowest BCUT2D eigenvalue weighted by Gasteiger charge is -2.20. The Morgan fingerprint density at radius 3 is 2.61 bits per heavy atom. The number of rotatable bonds is 8. The lowest BCUT2D eigenvalue weighted by Crippen LogP contribution is -2.34. The largest absolute Gasteiger partial charge is 0.463 e. The molecule has 0 spiro atoms. The minimum atomic E-state index is -0.534. The summed E-state index contributed by atoms with van der Waals surface area (Å²) in [4.78, 5) is 33.9. The molecule has 0 aromatic heterocycles. The fourth-order valence-corrected chi connectivity index (χ4v) is 1.54. The van der Waals surface area contributed by atoms with Crippen LogP contribution in [0.3, 0.4) is 0 Å². The van der Waals surface area contributed by atoms with Gasteiger partial charge in [0.25, 0.3) is 6.47 Å². The topological polar surface area (TPSA) is 93.7 Å². The van der Waals surface area contributed by atoms with Crippen LogP contribution in [0.5, 0.6) is 5.75 Å². The summed E-state index contributed by atoms with van der Waals surface area (Å²) in [5, 5.41) is 5.10. The van der Waals surface area contributed by atoms with E-state index in [4.69, 9.17) is 9.47 Å². The van der Waals surface area contributed by atoms with Gasteiger partial charge in [-0.15, -0.1) is 0 Å². The van der Waals surface area contributed by atoms with Crippen molar-refractivity contribution < 1.29 is 23.9 Å². The summed E-state index contributed by atoms with van der Waals surface area (Å²) >= 11 is 0. The molecule has 0 aliphatic carbocycles. The third-order valence-corrected chi connectivity index (χ3v) is 3.37. The Morgan fingerprint density at radius 2 is 1.96 bits per heavy atom. The van der Waals surface area contributed by atoms with Crippen LogP contribution in [0.25, 0.3) is 0 Å². The van der Waals surface area contributed by atoms with Crippen LogP contribution in [0.1, 0.15) is 27.2 Å².